The number of rotatable bonds is 8. The smallest absolute Gasteiger partial charge is 0.185 e. The first-order valence-corrected chi connectivity index (χ1v) is 7.11. The third-order valence-corrected chi connectivity index (χ3v) is 3.67. The van der Waals surface area contributed by atoms with E-state index in [1.807, 2.05) is 0 Å². The molecule has 0 aliphatic carbocycles. The van der Waals surface area contributed by atoms with Crippen molar-refractivity contribution in [1.29, 1.82) is 0 Å². The third-order valence-electron chi connectivity index (χ3n) is 3.67. The fourth-order valence-electron chi connectivity index (χ4n) is 2.18. The van der Waals surface area contributed by atoms with E-state index in [2.05, 4.69) is 0 Å². The Morgan fingerprint density at radius 2 is 1.77 bits per heavy atom. The molecule has 132 valence electrons. The van der Waals surface area contributed by atoms with Gasteiger partial charge in [0.05, 0.1) is 32.0 Å². The third kappa shape index (κ3) is 5.06. The molecular weight excluding hydrogens is 298 g/mol. The van der Waals surface area contributed by atoms with Gasteiger partial charge in [-0.3, -0.25) is 0 Å². The highest BCUT2D eigenvalue weighted by molar-refractivity contribution is 4.92. The fourth-order valence-corrected chi connectivity index (χ4v) is 2.18. The summed E-state index contributed by atoms with van der Waals surface area (Å²) in [4.78, 5) is 0. The van der Waals surface area contributed by atoms with Gasteiger partial charge in [0.25, 0.3) is 0 Å². The van der Waals surface area contributed by atoms with Crippen LogP contribution in [0.25, 0.3) is 0 Å². The Kier molecular flexibility index (Phi) is 8.07. The number of aliphatic hydroxyl groups is 5. The fraction of sp³-hybridized carbons (Fsp3) is 1.00. The van der Waals surface area contributed by atoms with Gasteiger partial charge < -0.3 is 52.2 Å². The van der Waals surface area contributed by atoms with E-state index in [9.17, 15) is 15.3 Å². The summed E-state index contributed by atoms with van der Waals surface area (Å²) in [5.41, 5.74) is 17.1. The summed E-state index contributed by atoms with van der Waals surface area (Å²) in [6.45, 7) is -0.986. The molecule has 0 aromatic heterocycles. The average molecular weight is 325 g/mol. The lowest BCUT2D eigenvalue weighted by molar-refractivity contribution is -0.277. The van der Waals surface area contributed by atoms with Crippen molar-refractivity contribution in [3.63, 3.8) is 0 Å². The lowest BCUT2D eigenvalue weighted by Crippen LogP contribution is -2.63. The minimum atomic E-state index is -1.28. The van der Waals surface area contributed by atoms with Crippen LogP contribution in [0.1, 0.15) is 6.42 Å². The van der Waals surface area contributed by atoms with E-state index in [1.165, 1.54) is 0 Å². The number of aliphatic hydroxyl groups excluding tert-OH is 5. The van der Waals surface area contributed by atoms with E-state index < -0.39 is 62.0 Å². The molecule has 1 aliphatic heterocycles. The van der Waals surface area contributed by atoms with Crippen molar-refractivity contribution in [2.45, 2.75) is 55.3 Å². The predicted octanol–water partition coefficient (Wildman–Crippen LogP) is -4.83. The number of ether oxygens (including phenoxy) is 2. The molecule has 0 amide bonds. The largest absolute Gasteiger partial charge is 0.394 e. The minimum absolute atomic E-state index is 0.0471. The van der Waals surface area contributed by atoms with Crippen molar-refractivity contribution in [3.05, 3.63) is 0 Å². The summed E-state index contributed by atoms with van der Waals surface area (Å²) < 4.78 is 10.5. The Hall–Kier alpha value is -0.400. The molecular formula is C12H27N3O7. The molecule has 0 bridgehead atoms. The summed E-state index contributed by atoms with van der Waals surface area (Å²) in [6.07, 6.45) is -5.48. The monoisotopic (exact) mass is 325 g/mol. The summed E-state index contributed by atoms with van der Waals surface area (Å²) >= 11 is 0. The van der Waals surface area contributed by atoms with Crippen LogP contribution in [0.15, 0.2) is 0 Å². The molecule has 1 aliphatic rings. The van der Waals surface area contributed by atoms with Crippen LogP contribution in [0.4, 0.5) is 0 Å². The van der Waals surface area contributed by atoms with Crippen molar-refractivity contribution < 1.29 is 35.0 Å². The Bertz CT molecular complexity index is 323. The van der Waals surface area contributed by atoms with Crippen molar-refractivity contribution in [1.82, 2.24) is 0 Å². The zero-order chi connectivity index (χ0) is 16.9. The van der Waals surface area contributed by atoms with Gasteiger partial charge in [-0.15, -0.1) is 0 Å². The molecule has 1 fully saturated rings. The lowest BCUT2D eigenvalue weighted by atomic mass is 9.97. The maximum absolute atomic E-state index is 9.89. The average Bonchev–Trinajstić information content (AvgIpc) is 2.51. The Morgan fingerprint density at radius 1 is 1.14 bits per heavy atom. The van der Waals surface area contributed by atoms with Crippen LogP contribution in [-0.2, 0) is 9.47 Å². The molecule has 0 saturated carbocycles. The van der Waals surface area contributed by atoms with Crippen LogP contribution in [-0.4, -0.2) is 94.2 Å². The molecule has 10 nitrogen and oxygen atoms in total. The van der Waals surface area contributed by atoms with Gasteiger partial charge in [0.1, 0.15) is 18.3 Å². The molecule has 8 atom stereocenters. The molecule has 0 spiro atoms. The van der Waals surface area contributed by atoms with E-state index >= 15 is 0 Å². The molecule has 1 saturated heterocycles. The van der Waals surface area contributed by atoms with Crippen LogP contribution in [0.3, 0.4) is 0 Å². The minimum Gasteiger partial charge on any atom is -0.394 e. The zero-order valence-electron chi connectivity index (χ0n) is 12.2. The van der Waals surface area contributed by atoms with Crippen molar-refractivity contribution in [3.8, 4) is 0 Å². The highest BCUT2D eigenvalue weighted by Gasteiger charge is 2.43. The van der Waals surface area contributed by atoms with E-state index in [0.717, 1.165) is 0 Å². The summed E-state index contributed by atoms with van der Waals surface area (Å²) in [6, 6.07) is -2.30. The summed E-state index contributed by atoms with van der Waals surface area (Å²) in [7, 11) is 0. The summed E-state index contributed by atoms with van der Waals surface area (Å²) in [5.74, 6) is 0. The van der Waals surface area contributed by atoms with Gasteiger partial charge >= 0.3 is 0 Å². The summed E-state index contributed by atoms with van der Waals surface area (Å²) in [5, 5.41) is 46.8. The normalized spacial score (nSPS) is 36.8. The van der Waals surface area contributed by atoms with Crippen molar-refractivity contribution >= 4 is 0 Å². The zero-order valence-corrected chi connectivity index (χ0v) is 12.2. The van der Waals surface area contributed by atoms with Crippen LogP contribution >= 0.6 is 0 Å². The maximum Gasteiger partial charge on any atom is 0.185 e. The SMILES string of the molecule is N[C@@H](CO[C@H]1O[C@H](CO)[C@@H](O)[C@H](N)[C@H]1O)C[C@H](N)[C@@H](O)CO. The van der Waals surface area contributed by atoms with E-state index in [1.54, 1.807) is 0 Å². The highest BCUT2D eigenvalue weighted by atomic mass is 16.7. The standard InChI is InChI=1S/C12H27N3O7/c13-5(1-6(14)7(18)2-16)4-21-12-11(20)9(15)10(19)8(3-17)22-12/h5-12,16-20H,1-4,13-15H2/t5-,6+,7+,8-,9+,10-,11-,12+/m1/s1. The molecule has 1 rings (SSSR count). The van der Waals surface area contributed by atoms with Crippen molar-refractivity contribution in [2.75, 3.05) is 19.8 Å². The second kappa shape index (κ2) is 9.03. The predicted molar refractivity (Wildman–Crippen MR) is 75.3 cm³/mol. The van der Waals surface area contributed by atoms with Crippen LogP contribution in [0, 0.1) is 0 Å². The number of nitrogens with two attached hydrogens (primary N) is 3. The molecule has 0 aromatic rings. The van der Waals surface area contributed by atoms with E-state index in [0.29, 0.717) is 0 Å². The molecule has 10 heteroatoms. The molecule has 0 unspecified atom stereocenters. The second-order valence-corrected chi connectivity index (χ2v) is 5.53. The van der Waals surface area contributed by atoms with Gasteiger partial charge in [-0.1, -0.05) is 0 Å². The first kappa shape index (κ1) is 19.6. The quantitative estimate of drug-likeness (QED) is 0.214. The molecule has 1 heterocycles. The molecule has 22 heavy (non-hydrogen) atoms. The van der Waals surface area contributed by atoms with E-state index in [4.69, 9.17) is 36.9 Å². The topological polar surface area (TPSA) is 198 Å². The van der Waals surface area contributed by atoms with Crippen LogP contribution in [0.5, 0.6) is 0 Å². The van der Waals surface area contributed by atoms with Crippen LogP contribution in [0.2, 0.25) is 0 Å². The van der Waals surface area contributed by atoms with Gasteiger partial charge in [-0.2, -0.15) is 0 Å². The Balaban J connectivity index is 2.45. The van der Waals surface area contributed by atoms with Gasteiger partial charge in [0.2, 0.25) is 0 Å². The highest BCUT2D eigenvalue weighted by Crippen LogP contribution is 2.20. The maximum atomic E-state index is 9.89. The second-order valence-electron chi connectivity index (χ2n) is 5.53. The van der Waals surface area contributed by atoms with Gasteiger partial charge in [-0.05, 0) is 6.42 Å². The van der Waals surface area contributed by atoms with Crippen LogP contribution < -0.4 is 17.2 Å². The Morgan fingerprint density at radius 3 is 2.32 bits per heavy atom. The lowest BCUT2D eigenvalue weighted by Gasteiger charge is -2.40. The van der Waals surface area contributed by atoms with Crippen molar-refractivity contribution in [2.24, 2.45) is 17.2 Å². The van der Waals surface area contributed by atoms with Gasteiger partial charge in [0, 0.05) is 12.1 Å². The molecule has 0 radical (unpaired) electrons. The van der Waals surface area contributed by atoms with E-state index in [-0.39, 0.29) is 13.0 Å². The number of hydrogen-bond donors (Lipinski definition) is 8. The first-order chi connectivity index (χ1) is 10.3. The first-order valence-electron chi connectivity index (χ1n) is 7.11. The van der Waals surface area contributed by atoms with Gasteiger partial charge in [0.15, 0.2) is 6.29 Å². The number of hydrogen-bond acceptors (Lipinski definition) is 10. The molecule has 11 N–H and O–H groups in total. The Labute approximate surface area is 128 Å². The van der Waals surface area contributed by atoms with Gasteiger partial charge in [-0.25, -0.2) is 0 Å². The molecule has 0 aromatic carbocycles.